The van der Waals surface area contributed by atoms with Gasteiger partial charge in [-0.15, -0.1) is 4.31 Å². The lowest BCUT2D eigenvalue weighted by atomic mass is 10.1. The number of carbonyl (C=O) groups excluding carboxylic acids is 1. The molecule has 10 nitrogen and oxygen atoms in total. The average molecular weight is 472 g/mol. The van der Waals surface area contributed by atoms with Crippen molar-refractivity contribution in [3.05, 3.63) is 60.7 Å². The molecule has 0 bridgehead atoms. The number of rotatable bonds is 8. The number of nitrogen functional groups attached to an aromatic ring is 1. The number of ether oxygens (including phenoxy) is 2. The fourth-order valence-corrected chi connectivity index (χ4v) is 4.41. The van der Waals surface area contributed by atoms with Gasteiger partial charge in [0.15, 0.2) is 5.82 Å². The number of sulfonamides is 1. The Bertz CT molecular complexity index is 1220. The van der Waals surface area contributed by atoms with Gasteiger partial charge < -0.3 is 15.2 Å². The number of nitrogens with zero attached hydrogens (tertiary/aromatic N) is 4. The number of benzene rings is 1. The summed E-state index contributed by atoms with van der Waals surface area (Å²) in [6, 6.07) is 9.40. The molecule has 2 heterocycles. The maximum Gasteiger partial charge on any atom is 0.430 e. The van der Waals surface area contributed by atoms with E-state index >= 15 is 0 Å². The third-order valence-electron chi connectivity index (χ3n) is 4.40. The number of methoxy groups -OCH3 is 1. The third kappa shape index (κ3) is 5.44. The summed E-state index contributed by atoms with van der Waals surface area (Å²) < 4.78 is 38.7. The first-order valence-electron chi connectivity index (χ1n) is 10.1. The zero-order valence-corrected chi connectivity index (χ0v) is 19.3. The van der Waals surface area contributed by atoms with Crippen LogP contribution in [0.4, 0.5) is 16.3 Å². The molecule has 1 aromatic carbocycles. The van der Waals surface area contributed by atoms with Gasteiger partial charge in [0.1, 0.15) is 10.6 Å². The molecule has 0 aliphatic heterocycles. The fourth-order valence-electron chi connectivity index (χ4n) is 2.92. The SMILES string of the molecule is COCc1nccnc1N(C(=O)OCC(C)C)S(=O)(=O)c1cccnc1-c1ccc(N)cc1. The quantitative estimate of drug-likeness (QED) is 0.491. The normalized spacial score (nSPS) is 11.4. The van der Waals surface area contributed by atoms with Crippen molar-refractivity contribution in [2.45, 2.75) is 25.3 Å². The Kier molecular flexibility index (Phi) is 7.56. The predicted octanol–water partition coefficient (Wildman–Crippen LogP) is 3.26. The van der Waals surface area contributed by atoms with Gasteiger partial charge in [-0.1, -0.05) is 26.0 Å². The number of amides is 1. The van der Waals surface area contributed by atoms with Crippen LogP contribution >= 0.6 is 0 Å². The standard InChI is InChI=1S/C22H25N5O5S/c1-15(2)13-32-22(28)27(21-18(14-31-3)24-11-12-26-21)33(29,30)19-5-4-10-25-20(19)16-6-8-17(23)9-7-16/h4-12,15H,13-14,23H2,1-3H3. The van der Waals surface area contributed by atoms with E-state index in [1.807, 2.05) is 13.8 Å². The Morgan fingerprint density at radius 2 is 1.76 bits per heavy atom. The average Bonchev–Trinajstić information content (AvgIpc) is 2.79. The molecular formula is C22H25N5O5S. The lowest BCUT2D eigenvalue weighted by Gasteiger charge is -2.23. The van der Waals surface area contributed by atoms with Crippen LogP contribution in [0.5, 0.6) is 0 Å². The number of nitrogens with two attached hydrogens (primary N) is 1. The van der Waals surface area contributed by atoms with Crippen LogP contribution in [-0.2, 0) is 26.1 Å². The van der Waals surface area contributed by atoms with Crippen LogP contribution in [0.3, 0.4) is 0 Å². The Morgan fingerprint density at radius 3 is 2.42 bits per heavy atom. The van der Waals surface area contributed by atoms with Gasteiger partial charge in [0.2, 0.25) is 0 Å². The molecule has 2 aromatic heterocycles. The molecule has 174 valence electrons. The molecule has 2 N–H and O–H groups in total. The van der Waals surface area contributed by atoms with Crippen LogP contribution in [0.25, 0.3) is 11.3 Å². The van der Waals surface area contributed by atoms with Crippen molar-refractivity contribution in [3.8, 4) is 11.3 Å². The first kappa shape index (κ1) is 24.1. The minimum Gasteiger partial charge on any atom is -0.448 e. The van der Waals surface area contributed by atoms with E-state index in [-0.39, 0.29) is 41.2 Å². The van der Waals surface area contributed by atoms with Crippen LogP contribution in [-0.4, -0.2) is 43.2 Å². The Balaban J connectivity index is 2.19. The highest BCUT2D eigenvalue weighted by molar-refractivity contribution is 7.93. The molecule has 0 saturated carbocycles. The van der Waals surface area contributed by atoms with Gasteiger partial charge in [-0.05, 0) is 30.2 Å². The number of hydrogen-bond donors (Lipinski definition) is 1. The van der Waals surface area contributed by atoms with Crippen molar-refractivity contribution in [3.63, 3.8) is 0 Å². The third-order valence-corrected chi connectivity index (χ3v) is 6.09. The molecule has 0 aliphatic rings. The summed E-state index contributed by atoms with van der Waals surface area (Å²) >= 11 is 0. The lowest BCUT2D eigenvalue weighted by molar-refractivity contribution is 0.143. The summed E-state index contributed by atoms with van der Waals surface area (Å²) in [5, 5.41) is 0. The topological polar surface area (TPSA) is 138 Å². The molecule has 0 atom stereocenters. The summed E-state index contributed by atoms with van der Waals surface area (Å²) in [5.74, 6) is -0.220. The predicted molar refractivity (Wildman–Crippen MR) is 123 cm³/mol. The highest BCUT2D eigenvalue weighted by Crippen LogP contribution is 2.31. The Labute approximate surface area is 192 Å². The molecule has 11 heteroatoms. The second kappa shape index (κ2) is 10.4. The van der Waals surface area contributed by atoms with Gasteiger partial charge in [-0.2, -0.15) is 0 Å². The molecule has 1 amide bonds. The second-order valence-corrected chi connectivity index (χ2v) is 9.23. The van der Waals surface area contributed by atoms with Gasteiger partial charge in [0.25, 0.3) is 10.0 Å². The zero-order valence-electron chi connectivity index (χ0n) is 18.5. The van der Waals surface area contributed by atoms with E-state index in [2.05, 4.69) is 15.0 Å². The molecule has 33 heavy (non-hydrogen) atoms. The minimum absolute atomic E-state index is 0.0115. The van der Waals surface area contributed by atoms with Crippen LogP contribution < -0.4 is 10.0 Å². The molecule has 3 rings (SSSR count). The summed E-state index contributed by atoms with van der Waals surface area (Å²) in [6.45, 7) is 3.63. The van der Waals surface area contributed by atoms with E-state index in [1.165, 1.54) is 37.8 Å². The van der Waals surface area contributed by atoms with Crippen molar-refractivity contribution >= 4 is 27.6 Å². The maximum absolute atomic E-state index is 13.9. The van der Waals surface area contributed by atoms with E-state index < -0.39 is 16.1 Å². The number of pyridine rings is 1. The number of hydrogen-bond acceptors (Lipinski definition) is 9. The van der Waals surface area contributed by atoms with E-state index in [0.717, 1.165) is 0 Å². The first-order chi connectivity index (χ1) is 15.8. The second-order valence-electron chi connectivity index (χ2n) is 7.47. The van der Waals surface area contributed by atoms with Crippen LogP contribution in [0.15, 0.2) is 59.9 Å². The zero-order chi connectivity index (χ0) is 24.0. The summed E-state index contributed by atoms with van der Waals surface area (Å²) in [5.41, 5.74) is 7.09. The van der Waals surface area contributed by atoms with Gasteiger partial charge >= 0.3 is 6.09 Å². The molecule has 0 saturated heterocycles. The minimum atomic E-state index is -4.52. The molecule has 0 radical (unpaired) electrons. The van der Waals surface area contributed by atoms with Crippen LogP contribution in [0.2, 0.25) is 0 Å². The lowest BCUT2D eigenvalue weighted by Crippen LogP contribution is -2.39. The van der Waals surface area contributed by atoms with Crippen molar-refractivity contribution in [1.29, 1.82) is 0 Å². The maximum atomic E-state index is 13.9. The van der Waals surface area contributed by atoms with Gasteiger partial charge in [-0.25, -0.2) is 18.2 Å². The molecular weight excluding hydrogens is 446 g/mol. The van der Waals surface area contributed by atoms with E-state index in [4.69, 9.17) is 15.2 Å². The van der Waals surface area contributed by atoms with E-state index in [1.54, 1.807) is 24.3 Å². The van der Waals surface area contributed by atoms with Crippen molar-refractivity contribution < 1.29 is 22.7 Å². The number of carbonyl (C=O) groups is 1. The first-order valence-corrected chi connectivity index (χ1v) is 11.5. The molecule has 0 spiro atoms. The van der Waals surface area contributed by atoms with Crippen molar-refractivity contribution in [1.82, 2.24) is 15.0 Å². The van der Waals surface area contributed by atoms with Gasteiger partial charge in [0.05, 0.1) is 18.9 Å². The molecule has 3 aromatic rings. The summed E-state index contributed by atoms with van der Waals surface area (Å²) in [4.78, 5) is 25.4. The van der Waals surface area contributed by atoms with Crippen molar-refractivity contribution in [2.75, 3.05) is 23.8 Å². The number of aromatic nitrogens is 3. The molecule has 0 unspecified atom stereocenters. The molecule has 0 aliphatic carbocycles. The molecule has 0 fully saturated rings. The van der Waals surface area contributed by atoms with Crippen LogP contribution in [0, 0.1) is 5.92 Å². The van der Waals surface area contributed by atoms with Gasteiger partial charge in [-0.3, -0.25) is 9.97 Å². The Morgan fingerprint density at radius 1 is 1.06 bits per heavy atom. The Hall–Kier alpha value is -3.57. The fraction of sp³-hybridized carbons (Fsp3) is 0.273. The monoisotopic (exact) mass is 471 g/mol. The summed E-state index contributed by atoms with van der Waals surface area (Å²) in [7, 11) is -3.10. The smallest absolute Gasteiger partial charge is 0.430 e. The van der Waals surface area contributed by atoms with E-state index in [0.29, 0.717) is 15.6 Å². The largest absolute Gasteiger partial charge is 0.448 e. The summed E-state index contributed by atoms with van der Waals surface area (Å²) in [6.07, 6.45) is 3.03. The van der Waals surface area contributed by atoms with Crippen LogP contribution in [0.1, 0.15) is 19.5 Å². The highest BCUT2D eigenvalue weighted by atomic mass is 32.2. The number of anilines is 2. The van der Waals surface area contributed by atoms with Crippen molar-refractivity contribution in [2.24, 2.45) is 5.92 Å². The van der Waals surface area contributed by atoms with Gasteiger partial charge in [0, 0.05) is 37.0 Å². The van der Waals surface area contributed by atoms with E-state index in [9.17, 15) is 13.2 Å². The highest BCUT2D eigenvalue weighted by Gasteiger charge is 2.37.